The molecule has 2 saturated heterocycles. The first kappa shape index (κ1) is 40.0. The minimum absolute atomic E-state index is 0. The number of nitrogens with one attached hydrogen (secondary N) is 1. The van der Waals surface area contributed by atoms with Crippen molar-refractivity contribution < 1.29 is 94.6 Å². The van der Waals surface area contributed by atoms with Gasteiger partial charge in [-0.2, -0.15) is 0 Å². The van der Waals surface area contributed by atoms with Gasteiger partial charge < -0.3 is 96.5 Å². The first-order chi connectivity index (χ1) is 20.1. The summed E-state index contributed by atoms with van der Waals surface area (Å²) in [6.07, 6.45) is -28.0. The maximum Gasteiger partial charge on any atom is 0.364 e. The number of ether oxygens (including phenoxy) is 4. The SMILES string of the molecule is CC(=O)N[C@H]1[C@H]([C@H](O)[C@H](O)CO)O[C@@](O[C@H]2[C@@H](O)[C@@H](CO)O[C@@H](O[C@@H]([C@H](O)[C@@H](O)C=O)[C@H](O)CO)[C@@H]2O)(C(=O)O)C[C@@H]1O.N. The van der Waals surface area contributed by atoms with Gasteiger partial charge >= 0.3 is 5.97 Å². The van der Waals surface area contributed by atoms with Crippen molar-refractivity contribution >= 4 is 18.2 Å². The Hall–Kier alpha value is -2.03. The fourth-order valence-corrected chi connectivity index (χ4v) is 4.71. The second-order valence-corrected chi connectivity index (χ2v) is 10.1. The van der Waals surface area contributed by atoms with Gasteiger partial charge in [0, 0.05) is 13.3 Å². The van der Waals surface area contributed by atoms with E-state index in [1.54, 1.807) is 0 Å². The van der Waals surface area contributed by atoms with E-state index < -0.39 is 129 Å². The van der Waals surface area contributed by atoms with Crippen LogP contribution in [0.1, 0.15) is 13.3 Å². The molecule has 21 nitrogen and oxygen atoms in total. The van der Waals surface area contributed by atoms with Crippen molar-refractivity contribution in [3.05, 3.63) is 0 Å². The van der Waals surface area contributed by atoms with E-state index in [0.29, 0.717) is 0 Å². The number of hydrogen-bond donors (Lipinski definition) is 14. The van der Waals surface area contributed by atoms with Crippen LogP contribution in [0.4, 0.5) is 0 Å². The lowest BCUT2D eigenvalue weighted by Crippen LogP contribution is -2.70. The lowest BCUT2D eigenvalue weighted by atomic mass is 9.88. The standard InChI is InChI=1S/C23H39NO19.H3N/c1-7(29)24-13-8(30)2-23(22(38)39,42-19(13)15(35)10(32)4-26)43-20-16(36)12(6-28)40-21(17(20)37)41-18(11(33)5-27)14(34)9(31)3-25;/h3,8-21,26-28,30-37H,2,4-6H2,1H3,(H,24,29)(H,38,39);1H3/t8-,9-,10+,11+,12+,13+,14+,15+,16-,17+,18+,19+,20-,21-,23-;/m0./s1. The molecule has 16 N–H and O–H groups in total. The molecule has 0 spiro atoms. The van der Waals surface area contributed by atoms with Crippen molar-refractivity contribution in [2.75, 3.05) is 19.8 Å². The molecule has 1 amide bonds. The lowest BCUT2D eigenvalue weighted by Gasteiger charge is -2.50. The van der Waals surface area contributed by atoms with Gasteiger partial charge in [0.2, 0.25) is 5.91 Å². The van der Waals surface area contributed by atoms with Crippen LogP contribution in [-0.4, -0.2) is 191 Å². The largest absolute Gasteiger partial charge is 0.477 e. The second-order valence-electron chi connectivity index (χ2n) is 10.1. The molecule has 0 unspecified atom stereocenters. The Morgan fingerprint density at radius 3 is 2.09 bits per heavy atom. The summed E-state index contributed by atoms with van der Waals surface area (Å²) >= 11 is 0. The van der Waals surface area contributed by atoms with Gasteiger partial charge in [0.05, 0.1) is 32.0 Å². The summed E-state index contributed by atoms with van der Waals surface area (Å²) in [5.74, 6) is -5.85. The normalized spacial score (nSPS) is 36.5. The van der Waals surface area contributed by atoms with Gasteiger partial charge in [0.15, 0.2) is 12.6 Å². The molecule has 2 fully saturated rings. The summed E-state index contributed by atoms with van der Waals surface area (Å²) in [6.45, 7) is -2.18. The number of aldehydes is 1. The number of carboxylic acids is 1. The number of rotatable bonds is 15. The van der Waals surface area contributed by atoms with Crippen LogP contribution in [0, 0.1) is 0 Å². The van der Waals surface area contributed by atoms with E-state index in [2.05, 4.69) is 5.32 Å². The van der Waals surface area contributed by atoms with Crippen LogP contribution in [0.25, 0.3) is 0 Å². The number of carbonyl (C=O) groups excluding carboxylic acids is 2. The molecule has 258 valence electrons. The number of carbonyl (C=O) groups is 3. The molecular formula is C23H42N2O19. The highest BCUT2D eigenvalue weighted by Crippen LogP contribution is 2.37. The zero-order chi connectivity index (χ0) is 32.8. The summed E-state index contributed by atoms with van der Waals surface area (Å²) in [7, 11) is 0. The molecule has 21 heteroatoms. The van der Waals surface area contributed by atoms with Crippen LogP contribution in [0.5, 0.6) is 0 Å². The van der Waals surface area contributed by atoms with Crippen LogP contribution >= 0.6 is 0 Å². The van der Waals surface area contributed by atoms with E-state index in [0.717, 1.165) is 6.92 Å². The molecule has 0 saturated carbocycles. The average Bonchev–Trinajstić information content (AvgIpc) is 2.97. The highest BCUT2D eigenvalue weighted by molar-refractivity contribution is 5.76. The van der Waals surface area contributed by atoms with Crippen LogP contribution in [-0.2, 0) is 33.3 Å². The van der Waals surface area contributed by atoms with Gasteiger partial charge in [-0.3, -0.25) is 4.79 Å². The van der Waals surface area contributed by atoms with Gasteiger partial charge in [-0.05, 0) is 0 Å². The maximum absolute atomic E-state index is 12.5. The lowest BCUT2D eigenvalue weighted by molar-refractivity contribution is -0.377. The molecule has 0 radical (unpaired) electrons. The first-order valence-electron chi connectivity index (χ1n) is 13.0. The minimum Gasteiger partial charge on any atom is -0.477 e. The third-order valence-corrected chi connectivity index (χ3v) is 7.02. The van der Waals surface area contributed by atoms with E-state index in [-0.39, 0.29) is 12.4 Å². The molecule has 0 aliphatic carbocycles. The molecular weight excluding hydrogens is 608 g/mol. The van der Waals surface area contributed by atoms with Crippen LogP contribution in [0.15, 0.2) is 0 Å². The van der Waals surface area contributed by atoms with Gasteiger partial charge in [0.25, 0.3) is 5.79 Å². The van der Waals surface area contributed by atoms with E-state index in [9.17, 15) is 75.7 Å². The number of aliphatic hydroxyl groups excluding tert-OH is 11. The number of aliphatic carboxylic acids is 1. The Morgan fingerprint density at radius 1 is 1.02 bits per heavy atom. The van der Waals surface area contributed by atoms with E-state index in [4.69, 9.17) is 18.9 Å². The number of hydrogen-bond acceptors (Lipinski definition) is 19. The minimum atomic E-state index is -3.07. The van der Waals surface area contributed by atoms with E-state index >= 15 is 0 Å². The Labute approximate surface area is 249 Å². The molecule has 2 rings (SSSR count). The predicted molar refractivity (Wildman–Crippen MR) is 136 cm³/mol. The summed E-state index contributed by atoms with van der Waals surface area (Å²) in [4.78, 5) is 35.2. The zero-order valence-corrected chi connectivity index (χ0v) is 23.4. The monoisotopic (exact) mass is 650 g/mol. The van der Waals surface area contributed by atoms with Crippen LogP contribution in [0.3, 0.4) is 0 Å². The van der Waals surface area contributed by atoms with E-state index in [1.165, 1.54) is 0 Å². The Morgan fingerprint density at radius 2 is 1.61 bits per heavy atom. The van der Waals surface area contributed by atoms with Gasteiger partial charge in [-0.15, -0.1) is 0 Å². The summed E-state index contributed by atoms with van der Waals surface area (Å²) in [5.41, 5.74) is 0. The highest BCUT2D eigenvalue weighted by Gasteiger charge is 2.59. The first-order valence-corrected chi connectivity index (χ1v) is 13.0. The Bertz CT molecular complexity index is 932. The van der Waals surface area contributed by atoms with Crippen molar-refractivity contribution in [3.8, 4) is 0 Å². The molecule has 2 heterocycles. The second kappa shape index (κ2) is 17.0. The number of amides is 1. The van der Waals surface area contributed by atoms with Crippen molar-refractivity contribution in [3.63, 3.8) is 0 Å². The topological polar surface area (TPSA) is 378 Å². The van der Waals surface area contributed by atoms with Gasteiger partial charge in [-0.1, -0.05) is 0 Å². The fourth-order valence-electron chi connectivity index (χ4n) is 4.71. The summed E-state index contributed by atoms with van der Waals surface area (Å²) in [5, 5.41) is 124. The molecule has 2 aliphatic heterocycles. The molecule has 15 atom stereocenters. The molecule has 2 aliphatic rings. The molecule has 0 aromatic carbocycles. The van der Waals surface area contributed by atoms with Gasteiger partial charge in [-0.25, -0.2) is 4.79 Å². The summed E-state index contributed by atoms with van der Waals surface area (Å²) in [6, 6.07) is -1.57. The number of carboxylic acid groups (broad SMARTS) is 1. The van der Waals surface area contributed by atoms with Crippen molar-refractivity contribution in [1.29, 1.82) is 0 Å². The zero-order valence-electron chi connectivity index (χ0n) is 23.4. The van der Waals surface area contributed by atoms with Crippen molar-refractivity contribution in [2.45, 2.75) is 105 Å². The van der Waals surface area contributed by atoms with E-state index in [1.807, 2.05) is 0 Å². The predicted octanol–water partition coefficient (Wildman–Crippen LogP) is -8.22. The summed E-state index contributed by atoms with van der Waals surface area (Å²) < 4.78 is 21.5. The van der Waals surface area contributed by atoms with Crippen LogP contribution in [0.2, 0.25) is 0 Å². The Kier molecular flexibility index (Phi) is 15.5. The third kappa shape index (κ3) is 8.82. The molecule has 0 aromatic heterocycles. The highest BCUT2D eigenvalue weighted by atomic mass is 16.8. The van der Waals surface area contributed by atoms with Gasteiger partial charge in [0.1, 0.15) is 67.1 Å². The fraction of sp³-hybridized carbons (Fsp3) is 0.870. The third-order valence-electron chi connectivity index (χ3n) is 7.02. The molecule has 44 heavy (non-hydrogen) atoms. The van der Waals surface area contributed by atoms with Crippen LogP contribution < -0.4 is 11.5 Å². The molecule has 0 bridgehead atoms. The molecule has 0 aromatic rings. The van der Waals surface area contributed by atoms with Crippen molar-refractivity contribution in [1.82, 2.24) is 11.5 Å². The Balaban J connectivity index is 0.00000968. The smallest absolute Gasteiger partial charge is 0.364 e. The number of aliphatic hydroxyl groups is 11. The van der Waals surface area contributed by atoms with Crippen molar-refractivity contribution in [2.24, 2.45) is 0 Å². The maximum atomic E-state index is 12.5. The quantitative estimate of drug-likeness (QED) is 0.0731. The average molecular weight is 651 g/mol.